The maximum Gasteiger partial charge on any atom is 0.266 e. The molecule has 168 valence electrons. The van der Waals surface area contributed by atoms with Gasteiger partial charge >= 0.3 is 0 Å². The second kappa shape index (κ2) is 7.81. The molecule has 0 unspecified atom stereocenters. The van der Waals surface area contributed by atoms with E-state index < -0.39 is 29.8 Å². The molecule has 3 aromatic carbocycles. The van der Waals surface area contributed by atoms with Gasteiger partial charge in [0.1, 0.15) is 11.7 Å². The van der Waals surface area contributed by atoms with Gasteiger partial charge in [-0.2, -0.15) is 0 Å². The second-order valence-electron chi connectivity index (χ2n) is 9.52. The SMILES string of the molecule is CC(C)(C)c1ccc([C@H]2[C@H]3C(=O)N(c4ccc(F)cc4)C(=O)[C@@H]3ON2c2ccccc2)cc1. The molecule has 0 saturated carbocycles. The number of para-hydroxylation sites is 1. The third kappa shape index (κ3) is 3.60. The first-order chi connectivity index (χ1) is 15.8. The molecule has 2 fully saturated rings. The van der Waals surface area contributed by atoms with Crippen molar-refractivity contribution in [3.8, 4) is 0 Å². The number of carbonyl (C=O) groups is 2. The number of anilines is 2. The predicted molar refractivity (Wildman–Crippen MR) is 124 cm³/mol. The van der Waals surface area contributed by atoms with Crippen LogP contribution < -0.4 is 9.96 Å². The summed E-state index contributed by atoms with van der Waals surface area (Å²) >= 11 is 0. The lowest BCUT2D eigenvalue weighted by Crippen LogP contribution is -2.37. The Bertz CT molecular complexity index is 1190. The first-order valence-electron chi connectivity index (χ1n) is 11.0. The molecule has 0 radical (unpaired) electrons. The van der Waals surface area contributed by atoms with Gasteiger partial charge in [0.25, 0.3) is 5.91 Å². The molecule has 33 heavy (non-hydrogen) atoms. The summed E-state index contributed by atoms with van der Waals surface area (Å²) in [4.78, 5) is 34.1. The average molecular weight is 445 g/mol. The minimum Gasteiger partial charge on any atom is -0.273 e. The molecule has 2 aliphatic rings. The number of halogens is 1. The molecule has 0 bridgehead atoms. The molecule has 3 aromatic rings. The minimum absolute atomic E-state index is 0.00904. The van der Waals surface area contributed by atoms with Crippen molar-refractivity contribution in [2.45, 2.75) is 38.3 Å². The highest BCUT2D eigenvalue weighted by molar-refractivity contribution is 6.23. The highest BCUT2D eigenvalue weighted by Gasteiger charge is 2.60. The van der Waals surface area contributed by atoms with Crippen LogP contribution in [0.1, 0.15) is 37.9 Å². The molecule has 3 atom stereocenters. The highest BCUT2D eigenvalue weighted by Crippen LogP contribution is 2.47. The van der Waals surface area contributed by atoms with Crippen LogP contribution >= 0.6 is 0 Å². The Labute approximate surface area is 192 Å². The van der Waals surface area contributed by atoms with E-state index in [1.54, 1.807) is 5.06 Å². The summed E-state index contributed by atoms with van der Waals surface area (Å²) in [7, 11) is 0. The van der Waals surface area contributed by atoms with E-state index in [2.05, 4.69) is 32.9 Å². The van der Waals surface area contributed by atoms with Gasteiger partial charge in [-0.05, 0) is 52.9 Å². The number of rotatable bonds is 3. The lowest BCUT2D eigenvalue weighted by Gasteiger charge is -2.29. The number of hydroxylamine groups is 1. The molecule has 5 nitrogen and oxygen atoms in total. The van der Waals surface area contributed by atoms with Crippen molar-refractivity contribution >= 4 is 23.2 Å². The molecule has 2 saturated heterocycles. The Morgan fingerprint density at radius 3 is 2.03 bits per heavy atom. The molecule has 0 spiro atoms. The lowest BCUT2D eigenvalue weighted by atomic mass is 9.84. The van der Waals surface area contributed by atoms with Gasteiger partial charge in [0.15, 0.2) is 6.10 Å². The van der Waals surface area contributed by atoms with E-state index >= 15 is 0 Å². The third-order valence-corrected chi connectivity index (χ3v) is 6.33. The van der Waals surface area contributed by atoms with Gasteiger partial charge < -0.3 is 0 Å². The Morgan fingerprint density at radius 2 is 1.42 bits per heavy atom. The Balaban J connectivity index is 1.57. The Hall–Kier alpha value is -3.51. The van der Waals surface area contributed by atoms with Crippen molar-refractivity contribution in [2.75, 3.05) is 9.96 Å². The van der Waals surface area contributed by atoms with E-state index in [-0.39, 0.29) is 11.3 Å². The van der Waals surface area contributed by atoms with E-state index in [9.17, 15) is 14.0 Å². The number of hydrogen-bond donors (Lipinski definition) is 0. The van der Waals surface area contributed by atoms with Gasteiger partial charge in [0, 0.05) is 0 Å². The molecule has 2 amide bonds. The van der Waals surface area contributed by atoms with Crippen molar-refractivity contribution in [3.63, 3.8) is 0 Å². The maximum atomic E-state index is 13.6. The zero-order chi connectivity index (χ0) is 23.3. The van der Waals surface area contributed by atoms with Crippen molar-refractivity contribution in [1.82, 2.24) is 0 Å². The van der Waals surface area contributed by atoms with Crippen LogP contribution in [-0.2, 0) is 19.8 Å². The summed E-state index contributed by atoms with van der Waals surface area (Å²) in [5.41, 5.74) is 3.17. The quantitative estimate of drug-likeness (QED) is 0.523. The minimum atomic E-state index is -0.949. The van der Waals surface area contributed by atoms with Crippen LogP contribution in [0, 0.1) is 11.7 Å². The average Bonchev–Trinajstić information content (AvgIpc) is 3.31. The fraction of sp³-hybridized carbons (Fsp3) is 0.259. The van der Waals surface area contributed by atoms with E-state index in [1.807, 2.05) is 42.5 Å². The highest BCUT2D eigenvalue weighted by atomic mass is 19.1. The van der Waals surface area contributed by atoms with Crippen molar-refractivity contribution in [2.24, 2.45) is 5.92 Å². The molecular formula is C27H25FN2O3. The van der Waals surface area contributed by atoms with E-state index in [4.69, 9.17) is 4.84 Å². The summed E-state index contributed by atoms with van der Waals surface area (Å²) in [6, 6.07) is 22.5. The smallest absolute Gasteiger partial charge is 0.266 e. The second-order valence-corrected chi connectivity index (χ2v) is 9.52. The maximum absolute atomic E-state index is 13.6. The largest absolute Gasteiger partial charge is 0.273 e. The van der Waals surface area contributed by atoms with Gasteiger partial charge in [-0.25, -0.2) is 14.4 Å². The van der Waals surface area contributed by atoms with E-state index in [1.165, 1.54) is 29.8 Å². The number of benzene rings is 3. The number of fused-ring (bicyclic) bond motifs is 1. The summed E-state index contributed by atoms with van der Waals surface area (Å²) in [5.74, 6) is -1.93. The van der Waals surface area contributed by atoms with Crippen molar-refractivity contribution in [3.05, 3.63) is 95.8 Å². The molecule has 6 heteroatoms. The van der Waals surface area contributed by atoms with Crippen LogP contribution in [0.25, 0.3) is 0 Å². The summed E-state index contributed by atoms with van der Waals surface area (Å²) in [6.45, 7) is 6.44. The molecule has 2 heterocycles. The molecule has 0 aromatic heterocycles. The summed E-state index contributed by atoms with van der Waals surface area (Å²) in [6.07, 6.45) is -0.949. The van der Waals surface area contributed by atoms with Crippen LogP contribution in [0.15, 0.2) is 78.9 Å². The lowest BCUT2D eigenvalue weighted by molar-refractivity contribution is -0.126. The standard InChI is InChI=1S/C27H25FN2O3/c1-27(2,3)18-11-9-17(10-12-18)23-22-24(33-30(23)21-7-5-4-6-8-21)26(32)29(25(22)31)20-15-13-19(28)14-16-20/h4-16,22-24H,1-3H3/t22-,23+,24-/m1/s1. The monoisotopic (exact) mass is 444 g/mol. The van der Waals surface area contributed by atoms with Gasteiger partial charge in [0.2, 0.25) is 5.91 Å². The number of hydrogen-bond acceptors (Lipinski definition) is 4. The zero-order valence-electron chi connectivity index (χ0n) is 18.7. The van der Waals surface area contributed by atoms with Crippen LogP contribution in [-0.4, -0.2) is 17.9 Å². The Kier molecular flexibility index (Phi) is 5.05. The van der Waals surface area contributed by atoms with Gasteiger partial charge in [-0.3, -0.25) is 14.4 Å². The Morgan fingerprint density at radius 1 is 0.788 bits per heavy atom. The number of imide groups is 1. The molecular weight excluding hydrogens is 419 g/mol. The predicted octanol–water partition coefficient (Wildman–Crippen LogP) is 5.17. The fourth-order valence-corrected chi connectivity index (χ4v) is 4.58. The fourth-order valence-electron chi connectivity index (χ4n) is 4.58. The van der Waals surface area contributed by atoms with Crippen LogP contribution in [0.3, 0.4) is 0 Å². The van der Waals surface area contributed by atoms with E-state index in [0.29, 0.717) is 5.69 Å². The number of nitrogens with zero attached hydrogens (tertiary/aromatic N) is 2. The van der Waals surface area contributed by atoms with Gasteiger partial charge in [0.05, 0.1) is 17.4 Å². The van der Waals surface area contributed by atoms with Crippen molar-refractivity contribution < 1.29 is 18.8 Å². The first kappa shape index (κ1) is 21.3. The molecule has 0 aliphatic carbocycles. The summed E-state index contributed by atoms with van der Waals surface area (Å²) < 4.78 is 13.4. The molecule has 5 rings (SSSR count). The summed E-state index contributed by atoms with van der Waals surface area (Å²) in [5, 5.41) is 1.68. The number of carbonyl (C=O) groups excluding carboxylic acids is 2. The van der Waals surface area contributed by atoms with Crippen LogP contribution in [0.5, 0.6) is 0 Å². The van der Waals surface area contributed by atoms with Gasteiger partial charge in [-0.1, -0.05) is 63.2 Å². The van der Waals surface area contributed by atoms with Crippen molar-refractivity contribution in [1.29, 1.82) is 0 Å². The van der Waals surface area contributed by atoms with Gasteiger partial charge in [-0.15, -0.1) is 0 Å². The van der Waals surface area contributed by atoms with E-state index in [0.717, 1.165) is 16.2 Å². The third-order valence-electron chi connectivity index (χ3n) is 6.33. The van der Waals surface area contributed by atoms with Crippen LogP contribution in [0.2, 0.25) is 0 Å². The molecule has 2 aliphatic heterocycles. The first-order valence-corrected chi connectivity index (χ1v) is 11.0. The molecule has 0 N–H and O–H groups in total. The topological polar surface area (TPSA) is 49.9 Å². The number of amides is 2. The zero-order valence-corrected chi connectivity index (χ0v) is 18.7. The van der Waals surface area contributed by atoms with Crippen LogP contribution in [0.4, 0.5) is 15.8 Å². The normalized spacial score (nSPS) is 22.7.